The number of allylic oxidation sites excluding steroid dienone is 2. The molecule has 0 bridgehead atoms. The van der Waals surface area contributed by atoms with E-state index in [1.165, 1.54) is 16.7 Å². The third-order valence-corrected chi connectivity index (χ3v) is 4.20. The molecule has 0 fully saturated rings. The summed E-state index contributed by atoms with van der Waals surface area (Å²) in [6.07, 6.45) is 6.46. The average molecular weight is 261 g/mol. The van der Waals surface area contributed by atoms with E-state index in [1.54, 1.807) is 0 Å². The van der Waals surface area contributed by atoms with Crippen LogP contribution in [-0.2, 0) is 5.41 Å². The van der Waals surface area contributed by atoms with Crippen molar-refractivity contribution < 1.29 is 0 Å². The minimum Gasteiger partial charge on any atom is -0.323 e. The van der Waals surface area contributed by atoms with E-state index >= 15 is 0 Å². The van der Waals surface area contributed by atoms with Gasteiger partial charge in [-0.3, -0.25) is 0 Å². The van der Waals surface area contributed by atoms with Crippen LogP contribution >= 0.6 is 0 Å². The lowest BCUT2D eigenvalue weighted by Gasteiger charge is -2.37. The molecule has 0 saturated carbocycles. The highest BCUT2D eigenvalue weighted by molar-refractivity contribution is 5.75. The molecule has 1 aliphatic rings. The molecule has 0 spiro atoms. The fourth-order valence-corrected chi connectivity index (χ4v) is 2.86. The van der Waals surface area contributed by atoms with Crippen molar-refractivity contribution in [3.8, 4) is 0 Å². The van der Waals surface area contributed by atoms with Gasteiger partial charge in [0.2, 0.25) is 0 Å². The molecule has 2 atom stereocenters. The molecule has 0 aliphatic heterocycles. The Morgan fingerprint density at radius 3 is 2.15 bits per heavy atom. The van der Waals surface area contributed by atoms with Crippen molar-refractivity contribution in [2.24, 2.45) is 5.73 Å². The van der Waals surface area contributed by atoms with Gasteiger partial charge in [-0.2, -0.15) is 0 Å². The van der Waals surface area contributed by atoms with Crippen molar-refractivity contribution in [1.82, 2.24) is 0 Å². The smallest absolute Gasteiger partial charge is 0.0431 e. The summed E-state index contributed by atoms with van der Waals surface area (Å²) in [7, 11) is 0. The van der Waals surface area contributed by atoms with Gasteiger partial charge in [0.05, 0.1) is 0 Å². The Balaban J connectivity index is 2.03. The highest BCUT2D eigenvalue weighted by atomic mass is 14.7. The van der Waals surface area contributed by atoms with E-state index in [0.717, 1.165) is 0 Å². The largest absolute Gasteiger partial charge is 0.323 e. The maximum Gasteiger partial charge on any atom is 0.0431 e. The van der Waals surface area contributed by atoms with Crippen molar-refractivity contribution >= 4 is 5.57 Å². The summed E-state index contributed by atoms with van der Waals surface area (Å²) in [4.78, 5) is 0. The molecule has 1 nitrogen and oxygen atoms in total. The number of nitrogens with two attached hydrogens (primary N) is 1. The van der Waals surface area contributed by atoms with Crippen LogP contribution < -0.4 is 5.73 Å². The predicted octanol–water partition coefficient (Wildman–Crippen LogP) is 3.93. The van der Waals surface area contributed by atoms with Gasteiger partial charge in [-0.1, -0.05) is 85.8 Å². The predicted molar refractivity (Wildman–Crippen MR) is 85.3 cm³/mol. The van der Waals surface area contributed by atoms with Gasteiger partial charge >= 0.3 is 0 Å². The Kier molecular flexibility index (Phi) is 3.29. The average Bonchev–Trinajstić information content (AvgIpc) is 2.52. The Labute approximate surface area is 120 Å². The van der Waals surface area contributed by atoms with Gasteiger partial charge in [-0.15, -0.1) is 0 Å². The summed E-state index contributed by atoms with van der Waals surface area (Å²) in [5.74, 6) is 0. The van der Waals surface area contributed by atoms with Gasteiger partial charge < -0.3 is 5.73 Å². The Morgan fingerprint density at radius 1 is 0.900 bits per heavy atom. The minimum atomic E-state index is -0.165. The monoisotopic (exact) mass is 261 g/mol. The molecule has 0 heterocycles. The molecular formula is C19H19N. The maximum absolute atomic E-state index is 6.60. The van der Waals surface area contributed by atoms with Crippen molar-refractivity contribution in [1.29, 1.82) is 0 Å². The third-order valence-electron chi connectivity index (χ3n) is 4.20. The molecule has 1 aliphatic carbocycles. The first kappa shape index (κ1) is 12.9. The summed E-state index contributed by atoms with van der Waals surface area (Å²) in [5, 5.41) is 0. The van der Waals surface area contributed by atoms with Gasteiger partial charge in [-0.05, 0) is 16.7 Å². The summed E-state index contributed by atoms with van der Waals surface area (Å²) in [5.41, 5.74) is 10.1. The number of benzene rings is 2. The van der Waals surface area contributed by atoms with E-state index in [4.69, 9.17) is 5.73 Å². The maximum atomic E-state index is 6.60. The van der Waals surface area contributed by atoms with E-state index in [2.05, 4.69) is 73.7 Å². The SMILES string of the molecule is CC1(c2ccccc2)C=CC=C(c2ccccc2)C1N. The zero-order chi connectivity index (χ0) is 14.0. The van der Waals surface area contributed by atoms with Crippen LogP contribution in [0, 0.1) is 0 Å². The molecule has 0 radical (unpaired) electrons. The van der Waals surface area contributed by atoms with E-state index in [1.807, 2.05) is 12.1 Å². The quantitative estimate of drug-likeness (QED) is 0.871. The molecule has 0 aromatic heterocycles. The summed E-state index contributed by atoms with van der Waals surface area (Å²) < 4.78 is 0. The molecule has 1 heteroatoms. The normalized spacial score (nSPS) is 25.3. The van der Waals surface area contributed by atoms with Crippen LogP contribution in [0.15, 0.2) is 78.9 Å². The van der Waals surface area contributed by atoms with Gasteiger partial charge in [-0.25, -0.2) is 0 Å². The lowest BCUT2D eigenvalue weighted by molar-refractivity contribution is 0.531. The second-order valence-corrected chi connectivity index (χ2v) is 5.47. The zero-order valence-electron chi connectivity index (χ0n) is 11.7. The zero-order valence-corrected chi connectivity index (χ0v) is 11.7. The van der Waals surface area contributed by atoms with E-state index in [0.29, 0.717) is 0 Å². The molecule has 20 heavy (non-hydrogen) atoms. The highest BCUT2D eigenvalue weighted by Gasteiger charge is 2.35. The molecule has 100 valence electrons. The number of hydrogen-bond acceptors (Lipinski definition) is 1. The van der Waals surface area contributed by atoms with Gasteiger partial charge in [0.15, 0.2) is 0 Å². The molecule has 0 amide bonds. The second kappa shape index (κ2) is 5.10. The van der Waals surface area contributed by atoms with Crippen LogP contribution in [0.3, 0.4) is 0 Å². The van der Waals surface area contributed by atoms with Crippen LogP contribution in [-0.4, -0.2) is 6.04 Å². The van der Waals surface area contributed by atoms with E-state index in [-0.39, 0.29) is 11.5 Å². The van der Waals surface area contributed by atoms with Crippen LogP contribution in [0.1, 0.15) is 18.1 Å². The summed E-state index contributed by atoms with van der Waals surface area (Å²) in [6.45, 7) is 2.21. The Bertz CT molecular complexity index is 640. The van der Waals surface area contributed by atoms with Gasteiger partial charge in [0.25, 0.3) is 0 Å². The first-order valence-corrected chi connectivity index (χ1v) is 6.98. The Morgan fingerprint density at radius 2 is 1.50 bits per heavy atom. The molecule has 3 rings (SSSR count). The topological polar surface area (TPSA) is 26.0 Å². The minimum absolute atomic E-state index is 0.0442. The molecule has 2 N–H and O–H groups in total. The van der Waals surface area contributed by atoms with Crippen molar-refractivity contribution in [2.45, 2.75) is 18.4 Å². The van der Waals surface area contributed by atoms with Crippen LogP contribution in [0.2, 0.25) is 0 Å². The molecule has 2 aromatic rings. The second-order valence-electron chi connectivity index (χ2n) is 5.47. The van der Waals surface area contributed by atoms with E-state index < -0.39 is 0 Å². The van der Waals surface area contributed by atoms with Crippen LogP contribution in [0.25, 0.3) is 5.57 Å². The van der Waals surface area contributed by atoms with E-state index in [9.17, 15) is 0 Å². The third kappa shape index (κ3) is 2.10. The van der Waals surface area contributed by atoms with Crippen LogP contribution in [0.5, 0.6) is 0 Å². The van der Waals surface area contributed by atoms with Crippen molar-refractivity contribution in [3.05, 3.63) is 90.0 Å². The van der Waals surface area contributed by atoms with Crippen molar-refractivity contribution in [2.75, 3.05) is 0 Å². The lowest BCUT2D eigenvalue weighted by Crippen LogP contribution is -2.43. The first-order chi connectivity index (χ1) is 9.72. The lowest BCUT2D eigenvalue weighted by atomic mass is 9.70. The number of rotatable bonds is 2. The van der Waals surface area contributed by atoms with Crippen molar-refractivity contribution in [3.63, 3.8) is 0 Å². The fourth-order valence-electron chi connectivity index (χ4n) is 2.86. The number of hydrogen-bond donors (Lipinski definition) is 1. The van der Waals surface area contributed by atoms with Crippen LogP contribution in [0.4, 0.5) is 0 Å². The summed E-state index contributed by atoms with van der Waals surface area (Å²) in [6, 6.07) is 20.8. The Hall–Kier alpha value is -2.12. The molecule has 2 unspecified atom stereocenters. The molecule has 2 aromatic carbocycles. The molecule has 0 saturated heterocycles. The summed E-state index contributed by atoms with van der Waals surface area (Å²) >= 11 is 0. The first-order valence-electron chi connectivity index (χ1n) is 6.98. The molecular weight excluding hydrogens is 242 g/mol. The standard InChI is InChI=1S/C19H19N/c1-19(16-11-6-3-7-12-16)14-8-13-17(18(19)20)15-9-4-2-5-10-15/h2-14,18H,20H2,1H3. The van der Waals surface area contributed by atoms with Gasteiger partial charge in [0, 0.05) is 11.5 Å². The highest BCUT2D eigenvalue weighted by Crippen LogP contribution is 2.37. The fraction of sp³-hybridized carbons (Fsp3) is 0.158. The van der Waals surface area contributed by atoms with Gasteiger partial charge in [0.1, 0.15) is 0 Å².